The molecule has 0 N–H and O–H groups in total. The maximum absolute atomic E-state index is 13.5. The quantitative estimate of drug-likeness (QED) is 0.830. The summed E-state index contributed by atoms with van der Waals surface area (Å²) in [5.74, 6) is -0.246. The van der Waals surface area contributed by atoms with Gasteiger partial charge in [-0.25, -0.2) is 4.39 Å². The van der Waals surface area contributed by atoms with E-state index in [0.717, 1.165) is 16.8 Å². The van der Waals surface area contributed by atoms with E-state index in [2.05, 4.69) is 4.90 Å². The lowest BCUT2D eigenvalue weighted by Gasteiger charge is -2.30. The normalized spacial score (nSPS) is 14.3. The van der Waals surface area contributed by atoms with Crippen LogP contribution < -0.4 is 4.90 Å². The molecule has 1 heterocycles. The Balaban J connectivity index is 1.90. The molecule has 2 aromatic rings. The Labute approximate surface area is 121 Å². The third kappa shape index (κ3) is 2.41. The third-order valence-electron chi connectivity index (χ3n) is 3.51. The van der Waals surface area contributed by atoms with Crippen LogP contribution in [0.15, 0.2) is 42.5 Å². The van der Waals surface area contributed by atoms with Crippen LogP contribution in [-0.2, 0) is 6.54 Å². The number of para-hydroxylation sites is 1. The van der Waals surface area contributed by atoms with Gasteiger partial charge in [0.2, 0.25) is 0 Å². The van der Waals surface area contributed by atoms with Gasteiger partial charge in [-0.3, -0.25) is 4.79 Å². The molecular formula is C16H13ClFNO. The molecule has 4 heteroatoms. The second-order valence-electron chi connectivity index (χ2n) is 4.86. The van der Waals surface area contributed by atoms with E-state index in [-0.39, 0.29) is 10.8 Å². The molecule has 0 fully saturated rings. The van der Waals surface area contributed by atoms with Crippen LogP contribution in [0.2, 0.25) is 5.02 Å². The van der Waals surface area contributed by atoms with E-state index in [9.17, 15) is 9.18 Å². The van der Waals surface area contributed by atoms with Crippen LogP contribution in [0.5, 0.6) is 0 Å². The Bertz CT molecular complexity index is 671. The highest BCUT2D eigenvalue weighted by atomic mass is 35.5. The standard InChI is InChI=1S/C16H13ClFNO/c17-13-6-5-11(9-14(13)18)10-19-8-7-16(20)12-3-1-2-4-15(12)19/h1-6,9H,7-8,10H2. The molecule has 0 atom stereocenters. The molecule has 2 nitrogen and oxygen atoms in total. The van der Waals surface area contributed by atoms with E-state index in [1.54, 1.807) is 6.07 Å². The summed E-state index contributed by atoms with van der Waals surface area (Å²) in [5, 5.41) is 0.128. The van der Waals surface area contributed by atoms with Crippen LogP contribution in [0.25, 0.3) is 0 Å². The number of benzene rings is 2. The number of carbonyl (C=O) groups is 1. The second-order valence-corrected chi connectivity index (χ2v) is 5.27. The van der Waals surface area contributed by atoms with Gasteiger partial charge in [-0.1, -0.05) is 29.8 Å². The number of ketones is 1. The Morgan fingerprint density at radius 2 is 2.00 bits per heavy atom. The van der Waals surface area contributed by atoms with E-state index in [4.69, 9.17) is 11.6 Å². The summed E-state index contributed by atoms with van der Waals surface area (Å²) >= 11 is 5.69. The molecule has 3 rings (SSSR count). The number of anilines is 1. The van der Waals surface area contributed by atoms with Crippen molar-refractivity contribution in [3.8, 4) is 0 Å². The molecule has 0 spiro atoms. The molecular weight excluding hydrogens is 277 g/mol. The van der Waals surface area contributed by atoms with Crippen LogP contribution in [0.3, 0.4) is 0 Å². The number of Topliss-reactive ketones (excluding diaryl/α,β-unsaturated/α-hetero) is 1. The van der Waals surface area contributed by atoms with Gasteiger partial charge in [0.15, 0.2) is 5.78 Å². The van der Waals surface area contributed by atoms with Crippen molar-refractivity contribution < 1.29 is 9.18 Å². The van der Waals surface area contributed by atoms with Gasteiger partial charge in [-0.15, -0.1) is 0 Å². The molecule has 0 saturated carbocycles. The minimum absolute atomic E-state index is 0.128. The van der Waals surface area contributed by atoms with Crippen LogP contribution in [0, 0.1) is 5.82 Å². The second kappa shape index (κ2) is 5.25. The minimum atomic E-state index is -0.412. The first-order chi connectivity index (χ1) is 9.65. The minimum Gasteiger partial charge on any atom is -0.366 e. The van der Waals surface area contributed by atoms with Gasteiger partial charge in [0.1, 0.15) is 5.82 Å². The number of hydrogen-bond acceptors (Lipinski definition) is 2. The van der Waals surface area contributed by atoms with Crippen LogP contribution >= 0.6 is 11.6 Å². The topological polar surface area (TPSA) is 20.3 Å². The summed E-state index contributed by atoms with van der Waals surface area (Å²) in [6.07, 6.45) is 0.493. The summed E-state index contributed by atoms with van der Waals surface area (Å²) in [6, 6.07) is 12.4. The lowest BCUT2D eigenvalue weighted by Crippen LogP contribution is -2.31. The molecule has 20 heavy (non-hydrogen) atoms. The predicted octanol–water partition coefficient (Wildman–Crippen LogP) is 4.07. The van der Waals surface area contributed by atoms with Gasteiger partial charge in [-0.2, -0.15) is 0 Å². The Morgan fingerprint density at radius 1 is 1.20 bits per heavy atom. The van der Waals surface area contributed by atoms with E-state index in [1.807, 2.05) is 30.3 Å². The van der Waals surface area contributed by atoms with Gasteiger partial charge < -0.3 is 4.90 Å². The zero-order chi connectivity index (χ0) is 14.1. The first kappa shape index (κ1) is 13.1. The lowest BCUT2D eigenvalue weighted by molar-refractivity contribution is 0.0979. The molecule has 102 valence electrons. The monoisotopic (exact) mass is 289 g/mol. The molecule has 0 unspecified atom stereocenters. The van der Waals surface area contributed by atoms with Crippen molar-refractivity contribution in [1.82, 2.24) is 0 Å². The van der Waals surface area contributed by atoms with Crippen molar-refractivity contribution in [2.75, 3.05) is 11.4 Å². The lowest BCUT2D eigenvalue weighted by atomic mass is 10.00. The summed E-state index contributed by atoms with van der Waals surface area (Å²) in [4.78, 5) is 14.0. The molecule has 2 aromatic carbocycles. The average Bonchev–Trinajstić information content (AvgIpc) is 2.46. The van der Waals surface area contributed by atoms with Gasteiger partial charge in [0.05, 0.1) is 5.02 Å². The molecule has 0 amide bonds. The molecule has 0 radical (unpaired) electrons. The first-order valence-corrected chi connectivity index (χ1v) is 6.84. The largest absolute Gasteiger partial charge is 0.366 e. The van der Waals surface area contributed by atoms with Crippen LogP contribution in [-0.4, -0.2) is 12.3 Å². The van der Waals surface area contributed by atoms with Crippen molar-refractivity contribution in [2.45, 2.75) is 13.0 Å². The summed E-state index contributed by atoms with van der Waals surface area (Å²) in [5.41, 5.74) is 2.50. The van der Waals surface area contributed by atoms with Gasteiger partial charge >= 0.3 is 0 Å². The van der Waals surface area contributed by atoms with Gasteiger partial charge in [0.25, 0.3) is 0 Å². The highest BCUT2D eigenvalue weighted by Crippen LogP contribution is 2.28. The van der Waals surface area contributed by atoms with E-state index < -0.39 is 5.82 Å². The molecule has 0 bridgehead atoms. The van der Waals surface area contributed by atoms with Crippen molar-refractivity contribution in [3.05, 3.63) is 64.4 Å². The van der Waals surface area contributed by atoms with E-state index in [1.165, 1.54) is 6.07 Å². The smallest absolute Gasteiger partial charge is 0.166 e. The number of halogens is 2. The highest BCUT2D eigenvalue weighted by Gasteiger charge is 2.22. The molecule has 0 aliphatic carbocycles. The predicted molar refractivity (Wildman–Crippen MR) is 77.8 cm³/mol. The van der Waals surface area contributed by atoms with Crippen LogP contribution in [0.1, 0.15) is 22.3 Å². The Kier molecular flexibility index (Phi) is 3.45. The van der Waals surface area contributed by atoms with Crippen molar-refractivity contribution >= 4 is 23.1 Å². The van der Waals surface area contributed by atoms with E-state index >= 15 is 0 Å². The van der Waals surface area contributed by atoms with E-state index in [0.29, 0.717) is 19.5 Å². The maximum atomic E-state index is 13.5. The summed E-state index contributed by atoms with van der Waals surface area (Å²) in [7, 11) is 0. The highest BCUT2D eigenvalue weighted by molar-refractivity contribution is 6.30. The molecule has 1 aliphatic heterocycles. The molecule has 0 aromatic heterocycles. The Morgan fingerprint density at radius 3 is 2.80 bits per heavy atom. The molecule has 1 aliphatic rings. The number of carbonyl (C=O) groups excluding carboxylic acids is 1. The SMILES string of the molecule is O=C1CCN(Cc2ccc(Cl)c(F)c2)c2ccccc21. The molecule has 0 saturated heterocycles. The third-order valence-corrected chi connectivity index (χ3v) is 3.82. The zero-order valence-corrected chi connectivity index (χ0v) is 11.5. The fourth-order valence-corrected chi connectivity index (χ4v) is 2.62. The number of nitrogens with zero attached hydrogens (tertiary/aromatic N) is 1. The van der Waals surface area contributed by atoms with Gasteiger partial charge in [0, 0.05) is 30.8 Å². The maximum Gasteiger partial charge on any atom is 0.166 e. The summed E-state index contributed by atoms with van der Waals surface area (Å²) in [6.45, 7) is 1.22. The van der Waals surface area contributed by atoms with Crippen molar-refractivity contribution in [3.63, 3.8) is 0 Å². The van der Waals surface area contributed by atoms with Crippen molar-refractivity contribution in [2.24, 2.45) is 0 Å². The first-order valence-electron chi connectivity index (χ1n) is 6.46. The number of fused-ring (bicyclic) bond motifs is 1. The number of hydrogen-bond donors (Lipinski definition) is 0. The fraction of sp³-hybridized carbons (Fsp3) is 0.188. The van der Waals surface area contributed by atoms with Gasteiger partial charge in [-0.05, 0) is 29.8 Å². The zero-order valence-electron chi connectivity index (χ0n) is 10.8. The fourth-order valence-electron chi connectivity index (χ4n) is 2.50. The van der Waals surface area contributed by atoms with Crippen LogP contribution in [0.4, 0.5) is 10.1 Å². The average molecular weight is 290 g/mol. The summed E-state index contributed by atoms with van der Waals surface area (Å²) < 4.78 is 13.5. The van der Waals surface area contributed by atoms with Crippen molar-refractivity contribution in [1.29, 1.82) is 0 Å². The number of rotatable bonds is 2. The Hall–Kier alpha value is -1.87.